The summed E-state index contributed by atoms with van der Waals surface area (Å²) in [6.07, 6.45) is 2.30. The second-order valence-electron chi connectivity index (χ2n) is 6.25. The lowest BCUT2D eigenvalue weighted by Gasteiger charge is -2.19. The Kier molecular flexibility index (Phi) is 8.12. The Hall–Kier alpha value is -3.44. The van der Waals surface area contributed by atoms with Crippen molar-refractivity contribution in [1.82, 2.24) is 10.8 Å². The third kappa shape index (κ3) is 6.59. The van der Waals surface area contributed by atoms with Gasteiger partial charge in [0.2, 0.25) is 0 Å². The minimum absolute atomic E-state index is 0.00402. The van der Waals surface area contributed by atoms with Crippen molar-refractivity contribution in [2.45, 2.75) is 25.7 Å². The van der Waals surface area contributed by atoms with Gasteiger partial charge in [-0.2, -0.15) is 0 Å². The fourth-order valence-electron chi connectivity index (χ4n) is 2.40. The fourth-order valence-corrected chi connectivity index (χ4v) is 2.40. The van der Waals surface area contributed by atoms with Gasteiger partial charge in [0, 0.05) is 11.1 Å². The quantitative estimate of drug-likeness (QED) is 0.287. The van der Waals surface area contributed by atoms with E-state index in [0.717, 1.165) is 16.7 Å². The third-order valence-corrected chi connectivity index (χ3v) is 4.05. The zero-order chi connectivity index (χ0) is 21.2. The monoisotopic (exact) mass is 394 g/mol. The van der Waals surface area contributed by atoms with Crippen molar-refractivity contribution in [3.05, 3.63) is 76.9 Å². The number of rotatable bonds is 6. The minimum atomic E-state index is -1.27. The van der Waals surface area contributed by atoms with E-state index in [-0.39, 0.29) is 6.61 Å². The maximum absolute atomic E-state index is 12.2. The van der Waals surface area contributed by atoms with Crippen LogP contribution in [-0.2, 0) is 11.4 Å². The first kappa shape index (κ1) is 21.9. The van der Waals surface area contributed by atoms with Gasteiger partial charge in [-0.05, 0) is 54.5 Å². The first-order valence-corrected chi connectivity index (χ1v) is 8.85. The number of aliphatic hydroxyl groups excluding tert-OH is 2. The number of aliphatic hydroxyl groups is 2. The maximum Gasteiger partial charge on any atom is 0.268 e. The molecule has 2 rings (SSSR count). The Labute approximate surface area is 168 Å². The number of amides is 2. The molecule has 0 aliphatic heterocycles. The lowest BCUT2D eigenvalue weighted by atomic mass is 10.1. The van der Waals surface area contributed by atoms with Crippen molar-refractivity contribution in [2.24, 2.45) is 0 Å². The topological polar surface area (TPSA) is 119 Å². The lowest BCUT2D eigenvalue weighted by molar-refractivity contribution is -0.133. The van der Waals surface area contributed by atoms with Crippen LogP contribution >= 0.6 is 0 Å². The highest BCUT2D eigenvalue weighted by molar-refractivity contribution is 5.97. The van der Waals surface area contributed by atoms with Crippen LogP contribution < -0.4 is 10.8 Å². The van der Waals surface area contributed by atoms with Gasteiger partial charge in [0.1, 0.15) is 6.04 Å². The van der Waals surface area contributed by atoms with E-state index in [1.165, 1.54) is 12.4 Å². The van der Waals surface area contributed by atoms with Crippen LogP contribution in [0.1, 0.15) is 34.0 Å². The van der Waals surface area contributed by atoms with Crippen LogP contribution in [0.3, 0.4) is 0 Å². The van der Waals surface area contributed by atoms with Gasteiger partial charge in [-0.15, -0.1) is 0 Å². The smallest absolute Gasteiger partial charge is 0.268 e. The van der Waals surface area contributed by atoms with E-state index in [1.54, 1.807) is 36.4 Å². The molecule has 5 N–H and O–H groups in total. The molecule has 0 spiro atoms. The standard InChI is InChI=1S/C22H22N2O5/c1-15(26)20(22(28)24-29)23-21(27)19-12-10-17(11-13-19)5-3-2-4-16-6-8-18(14-25)9-7-16/h3,5-13,15,20,25-26,29H,14H2,1H3,(H,23,27)(H,24,28)/t15-,20+/m1/s1. The van der Waals surface area contributed by atoms with E-state index in [9.17, 15) is 14.7 Å². The third-order valence-electron chi connectivity index (χ3n) is 4.05. The van der Waals surface area contributed by atoms with Crippen LogP contribution in [0, 0.1) is 11.8 Å². The molecular weight excluding hydrogens is 372 g/mol. The molecule has 0 aliphatic rings. The highest BCUT2D eigenvalue weighted by Gasteiger charge is 2.25. The van der Waals surface area contributed by atoms with E-state index in [2.05, 4.69) is 17.2 Å². The Morgan fingerprint density at radius 1 is 1.10 bits per heavy atom. The second kappa shape index (κ2) is 10.8. The van der Waals surface area contributed by atoms with Crippen molar-refractivity contribution >= 4 is 17.9 Å². The van der Waals surface area contributed by atoms with Crippen LogP contribution in [0.25, 0.3) is 6.08 Å². The van der Waals surface area contributed by atoms with E-state index in [4.69, 9.17) is 10.3 Å². The molecular formula is C22H22N2O5. The molecule has 2 atom stereocenters. The molecule has 0 aliphatic carbocycles. The van der Waals surface area contributed by atoms with E-state index < -0.39 is 24.0 Å². The maximum atomic E-state index is 12.2. The summed E-state index contributed by atoms with van der Waals surface area (Å²) >= 11 is 0. The molecule has 0 saturated carbocycles. The molecule has 150 valence electrons. The highest BCUT2D eigenvalue weighted by Crippen LogP contribution is 2.08. The number of carbonyl (C=O) groups is 2. The first-order valence-electron chi connectivity index (χ1n) is 8.85. The molecule has 2 aromatic rings. The Balaban J connectivity index is 1.99. The average molecular weight is 394 g/mol. The van der Waals surface area contributed by atoms with Gasteiger partial charge in [0.05, 0.1) is 12.7 Å². The molecule has 2 amide bonds. The number of hydrogen-bond donors (Lipinski definition) is 5. The number of hydrogen-bond acceptors (Lipinski definition) is 5. The van der Waals surface area contributed by atoms with Gasteiger partial charge in [-0.25, -0.2) is 5.48 Å². The van der Waals surface area contributed by atoms with Gasteiger partial charge in [-0.1, -0.05) is 36.1 Å². The van der Waals surface area contributed by atoms with Gasteiger partial charge < -0.3 is 15.5 Å². The Morgan fingerprint density at radius 3 is 2.31 bits per heavy atom. The predicted octanol–water partition coefficient (Wildman–Crippen LogP) is 1.23. The minimum Gasteiger partial charge on any atom is -0.392 e. The lowest BCUT2D eigenvalue weighted by Crippen LogP contribution is -2.51. The summed E-state index contributed by atoms with van der Waals surface area (Å²) in [6, 6.07) is 12.6. The van der Waals surface area contributed by atoms with Crippen molar-refractivity contribution in [3.63, 3.8) is 0 Å². The molecule has 0 bridgehead atoms. The summed E-state index contributed by atoms with van der Waals surface area (Å²) in [6.45, 7) is 1.33. The average Bonchev–Trinajstić information content (AvgIpc) is 2.75. The highest BCUT2D eigenvalue weighted by atomic mass is 16.5. The predicted molar refractivity (Wildman–Crippen MR) is 108 cm³/mol. The van der Waals surface area contributed by atoms with Crippen molar-refractivity contribution in [2.75, 3.05) is 0 Å². The van der Waals surface area contributed by atoms with Gasteiger partial charge >= 0.3 is 0 Å². The SMILES string of the molecule is C[C@@H](O)[C@H](NC(=O)c1ccc(C=CC#Cc2ccc(CO)cc2)cc1)C(=O)NO. The van der Waals surface area contributed by atoms with Crippen LogP contribution in [0.2, 0.25) is 0 Å². The fraction of sp³-hybridized carbons (Fsp3) is 0.182. The molecule has 29 heavy (non-hydrogen) atoms. The van der Waals surface area contributed by atoms with Crippen LogP contribution in [0.4, 0.5) is 0 Å². The van der Waals surface area contributed by atoms with Crippen molar-refractivity contribution < 1.29 is 25.0 Å². The van der Waals surface area contributed by atoms with E-state index in [1.807, 2.05) is 24.3 Å². The number of hydroxylamine groups is 1. The Bertz CT molecular complexity index is 922. The molecule has 0 unspecified atom stereocenters. The molecule has 7 nitrogen and oxygen atoms in total. The molecule has 2 aromatic carbocycles. The molecule has 0 heterocycles. The molecule has 0 fully saturated rings. The van der Waals surface area contributed by atoms with Gasteiger partial charge in [0.15, 0.2) is 0 Å². The van der Waals surface area contributed by atoms with Gasteiger partial charge in [-0.3, -0.25) is 14.8 Å². The summed E-state index contributed by atoms with van der Waals surface area (Å²) < 4.78 is 0. The zero-order valence-corrected chi connectivity index (χ0v) is 15.8. The van der Waals surface area contributed by atoms with Crippen LogP contribution in [-0.4, -0.2) is 39.4 Å². The van der Waals surface area contributed by atoms with E-state index in [0.29, 0.717) is 5.56 Å². The van der Waals surface area contributed by atoms with E-state index >= 15 is 0 Å². The molecule has 0 aromatic heterocycles. The number of carbonyl (C=O) groups excluding carboxylic acids is 2. The normalized spacial score (nSPS) is 12.6. The summed E-state index contributed by atoms with van der Waals surface area (Å²) in [4.78, 5) is 23.7. The number of allylic oxidation sites excluding steroid dienone is 1. The van der Waals surface area contributed by atoms with Crippen LogP contribution in [0.5, 0.6) is 0 Å². The summed E-state index contributed by atoms with van der Waals surface area (Å²) in [5, 5.41) is 29.6. The van der Waals surface area contributed by atoms with Gasteiger partial charge in [0.25, 0.3) is 11.8 Å². The number of nitrogens with one attached hydrogen (secondary N) is 2. The molecule has 0 saturated heterocycles. The summed E-state index contributed by atoms with van der Waals surface area (Å²) in [5.41, 5.74) is 4.19. The van der Waals surface area contributed by atoms with Crippen molar-refractivity contribution in [1.29, 1.82) is 0 Å². The van der Waals surface area contributed by atoms with Crippen LogP contribution in [0.15, 0.2) is 54.6 Å². The first-order chi connectivity index (χ1) is 13.9. The second-order valence-corrected chi connectivity index (χ2v) is 6.25. The molecule has 0 radical (unpaired) electrons. The molecule has 7 heteroatoms. The van der Waals surface area contributed by atoms with Crippen molar-refractivity contribution in [3.8, 4) is 11.8 Å². The number of benzene rings is 2. The summed E-state index contributed by atoms with van der Waals surface area (Å²) in [7, 11) is 0. The summed E-state index contributed by atoms with van der Waals surface area (Å²) in [5.74, 6) is 4.43. The Morgan fingerprint density at radius 2 is 1.76 bits per heavy atom. The zero-order valence-electron chi connectivity index (χ0n) is 15.8. The largest absolute Gasteiger partial charge is 0.392 e.